The smallest absolute Gasteiger partial charge is 0.245 e. The molecule has 6 nitrogen and oxygen atoms in total. The molecular formula is C14H20ClN3O3S. The van der Waals surface area contributed by atoms with E-state index in [0.717, 1.165) is 19.3 Å². The number of aromatic nitrogens is 2. The Morgan fingerprint density at radius 3 is 2.82 bits per heavy atom. The van der Waals surface area contributed by atoms with Gasteiger partial charge >= 0.3 is 0 Å². The van der Waals surface area contributed by atoms with Crippen LogP contribution in [0.3, 0.4) is 0 Å². The molecule has 2 N–H and O–H groups in total. The highest BCUT2D eigenvalue weighted by Crippen LogP contribution is 2.30. The molecule has 0 aliphatic heterocycles. The van der Waals surface area contributed by atoms with Gasteiger partial charge in [0.2, 0.25) is 10.0 Å². The molecule has 0 saturated carbocycles. The van der Waals surface area contributed by atoms with Gasteiger partial charge < -0.3 is 10.1 Å². The highest BCUT2D eigenvalue weighted by molar-refractivity contribution is 7.89. The third kappa shape index (κ3) is 3.43. The molecule has 122 valence electrons. The average Bonchev–Trinajstić information content (AvgIpc) is 2.92. The summed E-state index contributed by atoms with van der Waals surface area (Å²) in [6.45, 7) is 2.27. The van der Waals surface area contributed by atoms with Crippen molar-refractivity contribution in [3.8, 4) is 0 Å². The van der Waals surface area contributed by atoms with Gasteiger partial charge in [-0.2, -0.15) is 4.31 Å². The van der Waals surface area contributed by atoms with Gasteiger partial charge in [-0.3, -0.25) is 0 Å². The van der Waals surface area contributed by atoms with Gasteiger partial charge in [-0.25, -0.2) is 13.4 Å². The average molecular weight is 346 g/mol. The largest absolute Gasteiger partial charge is 0.395 e. The molecule has 2 aromatic rings. The van der Waals surface area contributed by atoms with E-state index in [1.165, 1.54) is 16.7 Å². The highest BCUT2D eigenvalue weighted by atomic mass is 35.5. The molecule has 0 aromatic carbocycles. The summed E-state index contributed by atoms with van der Waals surface area (Å²) in [6, 6.07) is 1.56. The van der Waals surface area contributed by atoms with Gasteiger partial charge in [-0.15, -0.1) is 0 Å². The summed E-state index contributed by atoms with van der Waals surface area (Å²) in [5, 5.41) is 9.90. The molecule has 2 aromatic heterocycles. The highest BCUT2D eigenvalue weighted by Gasteiger charge is 2.27. The number of rotatable bonds is 8. The van der Waals surface area contributed by atoms with Crippen LogP contribution in [0.2, 0.25) is 5.02 Å². The third-order valence-corrected chi connectivity index (χ3v) is 5.70. The zero-order valence-corrected chi connectivity index (χ0v) is 14.0. The normalized spacial score (nSPS) is 12.4. The minimum absolute atomic E-state index is 0.0661. The first-order valence-corrected chi connectivity index (χ1v) is 9.06. The molecule has 8 heteroatoms. The van der Waals surface area contributed by atoms with E-state index in [1.54, 1.807) is 6.07 Å². The van der Waals surface area contributed by atoms with Crippen LogP contribution in [-0.2, 0) is 10.0 Å². The topological polar surface area (TPSA) is 86.3 Å². The van der Waals surface area contributed by atoms with Crippen molar-refractivity contribution < 1.29 is 13.5 Å². The summed E-state index contributed by atoms with van der Waals surface area (Å²) in [5.74, 6) is 0. The van der Waals surface area contributed by atoms with Crippen molar-refractivity contribution in [1.29, 1.82) is 0 Å². The van der Waals surface area contributed by atoms with E-state index >= 15 is 0 Å². The fraction of sp³-hybridized carbons (Fsp3) is 0.500. The van der Waals surface area contributed by atoms with Crippen LogP contribution in [0.4, 0.5) is 0 Å². The first-order chi connectivity index (χ1) is 10.5. The van der Waals surface area contributed by atoms with Crippen LogP contribution < -0.4 is 0 Å². The first-order valence-electron chi connectivity index (χ1n) is 7.25. The number of H-pyrrole nitrogens is 1. The van der Waals surface area contributed by atoms with E-state index in [4.69, 9.17) is 16.7 Å². The summed E-state index contributed by atoms with van der Waals surface area (Å²) in [6.07, 6.45) is 5.61. The van der Waals surface area contributed by atoms with Gasteiger partial charge in [0, 0.05) is 25.5 Å². The van der Waals surface area contributed by atoms with E-state index in [-0.39, 0.29) is 18.0 Å². The van der Waals surface area contributed by atoms with Crippen LogP contribution in [-0.4, -0.2) is 47.5 Å². The van der Waals surface area contributed by atoms with E-state index < -0.39 is 10.0 Å². The van der Waals surface area contributed by atoms with Crippen LogP contribution in [0, 0.1) is 0 Å². The lowest BCUT2D eigenvalue weighted by atomic mass is 10.2. The number of hydrogen-bond acceptors (Lipinski definition) is 4. The second-order valence-electron chi connectivity index (χ2n) is 5.00. The van der Waals surface area contributed by atoms with Crippen molar-refractivity contribution in [2.24, 2.45) is 0 Å². The monoisotopic (exact) mass is 345 g/mol. The number of hydrogen-bond donors (Lipinski definition) is 2. The quantitative estimate of drug-likeness (QED) is 0.719. The maximum absolute atomic E-state index is 12.9. The van der Waals surface area contributed by atoms with Gasteiger partial charge in [0.05, 0.1) is 17.0 Å². The van der Waals surface area contributed by atoms with Crippen LogP contribution in [0.5, 0.6) is 0 Å². The number of unbranched alkanes of at least 4 members (excludes halogenated alkanes) is 2. The molecule has 0 aliphatic carbocycles. The molecule has 2 heterocycles. The van der Waals surface area contributed by atoms with E-state index in [0.29, 0.717) is 22.6 Å². The van der Waals surface area contributed by atoms with Crippen LogP contribution in [0.15, 0.2) is 23.4 Å². The lowest BCUT2D eigenvalue weighted by Gasteiger charge is -2.20. The lowest BCUT2D eigenvalue weighted by molar-refractivity contribution is 0.252. The molecule has 0 unspecified atom stereocenters. The Morgan fingerprint density at radius 2 is 2.14 bits per heavy atom. The Balaban J connectivity index is 2.41. The van der Waals surface area contributed by atoms with Crippen molar-refractivity contribution in [3.63, 3.8) is 0 Å². The number of halogens is 1. The molecule has 0 atom stereocenters. The minimum Gasteiger partial charge on any atom is -0.395 e. The number of nitrogens with zero attached hydrogens (tertiary/aromatic N) is 2. The van der Waals surface area contributed by atoms with E-state index in [2.05, 4.69) is 16.9 Å². The van der Waals surface area contributed by atoms with Crippen LogP contribution in [0.25, 0.3) is 11.0 Å². The number of pyridine rings is 1. The molecule has 0 radical (unpaired) electrons. The number of nitrogens with one attached hydrogen (secondary N) is 1. The molecule has 0 fully saturated rings. The van der Waals surface area contributed by atoms with Crippen molar-refractivity contribution in [1.82, 2.24) is 14.3 Å². The molecule has 0 spiro atoms. The lowest BCUT2D eigenvalue weighted by Crippen LogP contribution is -2.34. The molecular weight excluding hydrogens is 326 g/mol. The third-order valence-electron chi connectivity index (χ3n) is 3.46. The summed E-state index contributed by atoms with van der Waals surface area (Å²) in [7, 11) is -3.73. The summed E-state index contributed by atoms with van der Waals surface area (Å²) in [4.78, 5) is 7.02. The number of sulfonamides is 1. The fourth-order valence-electron chi connectivity index (χ4n) is 2.33. The molecule has 0 saturated heterocycles. The minimum atomic E-state index is -3.73. The van der Waals surface area contributed by atoms with Gasteiger partial charge in [-0.05, 0) is 12.5 Å². The zero-order valence-electron chi connectivity index (χ0n) is 12.4. The summed E-state index contributed by atoms with van der Waals surface area (Å²) in [5.41, 5.74) is 0.434. The Kier molecular flexibility index (Phi) is 5.80. The van der Waals surface area contributed by atoms with Crippen molar-refractivity contribution in [3.05, 3.63) is 23.5 Å². The molecule has 2 rings (SSSR count). The number of fused-ring (bicyclic) bond motifs is 1. The van der Waals surface area contributed by atoms with Gasteiger partial charge in [0.25, 0.3) is 0 Å². The van der Waals surface area contributed by atoms with Gasteiger partial charge in [0.1, 0.15) is 10.5 Å². The number of aliphatic hydroxyl groups excluding tert-OH is 1. The molecule has 0 aliphatic rings. The predicted molar refractivity (Wildman–Crippen MR) is 86.5 cm³/mol. The fourth-order valence-corrected chi connectivity index (χ4v) is 4.28. The maximum Gasteiger partial charge on any atom is 0.245 e. The Hall–Kier alpha value is -1.15. The van der Waals surface area contributed by atoms with Crippen molar-refractivity contribution >= 4 is 32.7 Å². The van der Waals surface area contributed by atoms with Crippen LogP contribution >= 0.6 is 11.6 Å². The van der Waals surface area contributed by atoms with E-state index in [1.807, 2.05) is 0 Å². The van der Waals surface area contributed by atoms with Crippen molar-refractivity contribution in [2.45, 2.75) is 31.1 Å². The Labute approximate surface area is 135 Å². The SMILES string of the molecule is CCCCCN(CCO)S(=O)(=O)c1c[nH]c2nccc(Cl)c12. The van der Waals surface area contributed by atoms with E-state index in [9.17, 15) is 8.42 Å². The predicted octanol–water partition coefficient (Wildman–Crippen LogP) is 2.39. The second-order valence-corrected chi connectivity index (χ2v) is 7.32. The van der Waals surface area contributed by atoms with Gasteiger partial charge in [-0.1, -0.05) is 31.4 Å². The van der Waals surface area contributed by atoms with Crippen LogP contribution in [0.1, 0.15) is 26.2 Å². The number of aromatic amines is 1. The molecule has 0 amide bonds. The first kappa shape index (κ1) is 17.2. The molecule has 22 heavy (non-hydrogen) atoms. The molecule has 0 bridgehead atoms. The summed E-state index contributed by atoms with van der Waals surface area (Å²) < 4.78 is 27.0. The standard InChI is InChI=1S/C14H20ClN3O3S/c1-2-3-4-7-18(8-9-19)22(20,21)12-10-17-14-13(12)11(15)5-6-16-14/h5-6,10,19H,2-4,7-9H2,1H3,(H,16,17). The second kappa shape index (κ2) is 7.41. The van der Waals surface area contributed by atoms with Crippen molar-refractivity contribution in [2.75, 3.05) is 19.7 Å². The van der Waals surface area contributed by atoms with Gasteiger partial charge in [0.15, 0.2) is 0 Å². The maximum atomic E-state index is 12.9. The Bertz CT molecular complexity index is 730. The zero-order chi connectivity index (χ0) is 16.2. The summed E-state index contributed by atoms with van der Waals surface area (Å²) >= 11 is 6.13. The number of aliphatic hydroxyl groups is 1. The Morgan fingerprint density at radius 1 is 1.36 bits per heavy atom.